The Morgan fingerprint density at radius 2 is 1.28 bits per heavy atom. The van der Waals surface area contributed by atoms with Crippen molar-refractivity contribution in [2.24, 2.45) is 0 Å². The fourth-order valence-corrected chi connectivity index (χ4v) is 2.64. The highest BCUT2D eigenvalue weighted by Crippen LogP contribution is 2.16. The van der Waals surface area contributed by atoms with Gasteiger partial charge in [-0.3, -0.25) is 0 Å². The van der Waals surface area contributed by atoms with Crippen LogP contribution in [0.3, 0.4) is 0 Å². The Bertz CT molecular complexity index is 554. The van der Waals surface area contributed by atoms with Crippen LogP contribution in [0, 0.1) is 0 Å². The maximum absolute atomic E-state index is 5.71. The van der Waals surface area contributed by atoms with Crippen LogP contribution < -0.4 is 14.8 Å². The molecule has 0 unspecified atom stereocenters. The molecule has 3 nitrogen and oxygen atoms in total. The number of ether oxygens (including phenoxy) is 2. The first-order valence-electron chi connectivity index (χ1n) is 9.53. The molecule has 25 heavy (non-hydrogen) atoms. The maximum Gasteiger partial charge on any atom is 0.122 e. The van der Waals surface area contributed by atoms with E-state index in [9.17, 15) is 0 Å². The topological polar surface area (TPSA) is 30.5 Å². The van der Waals surface area contributed by atoms with Crippen LogP contribution in [0.25, 0.3) is 0 Å². The molecule has 136 valence electrons. The molecule has 2 rings (SSSR count). The molecular weight excluding hydrogens is 310 g/mol. The van der Waals surface area contributed by atoms with Crippen LogP contribution in [0.2, 0.25) is 0 Å². The molecule has 3 heteroatoms. The maximum atomic E-state index is 5.71. The lowest BCUT2D eigenvalue weighted by Gasteiger charge is -2.10. The normalized spacial score (nSPS) is 10.4. The number of anilines is 1. The van der Waals surface area contributed by atoms with Crippen molar-refractivity contribution in [1.82, 2.24) is 0 Å². The van der Waals surface area contributed by atoms with Crippen molar-refractivity contribution >= 4 is 5.69 Å². The van der Waals surface area contributed by atoms with Gasteiger partial charge in [-0.2, -0.15) is 0 Å². The van der Waals surface area contributed by atoms with Gasteiger partial charge in [0.1, 0.15) is 24.7 Å². The fraction of sp³-hybridized carbons (Fsp3) is 0.455. The van der Waals surface area contributed by atoms with Gasteiger partial charge in [0, 0.05) is 12.2 Å². The van der Waals surface area contributed by atoms with Crippen LogP contribution in [0.15, 0.2) is 54.6 Å². The Labute approximate surface area is 152 Å². The van der Waals surface area contributed by atoms with Gasteiger partial charge in [-0.05, 0) is 42.8 Å². The number of para-hydroxylation sites is 1. The van der Waals surface area contributed by atoms with Crippen molar-refractivity contribution in [2.45, 2.75) is 45.4 Å². The molecule has 0 spiro atoms. The molecular formula is C22H31NO2. The Hall–Kier alpha value is -2.16. The van der Waals surface area contributed by atoms with E-state index in [0.717, 1.165) is 23.7 Å². The summed E-state index contributed by atoms with van der Waals surface area (Å²) in [6.07, 6.45) is 7.95. The van der Waals surface area contributed by atoms with Gasteiger partial charge in [0.15, 0.2) is 0 Å². The third-order valence-electron chi connectivity index (χ3n) is 4.08. The lowest BCUT2D eigenvalue weighted by molar-refractivity contribution is 0.217. The van der Waals surface area contributed by atoms with Crippen LogP contribution in [0.4, 0.5) is 5.69 Å². The first-order chi connectivity index (χ1) is 12.4. The molecule has 0 fully saturated rings. The van der Waals surface area contributed by atoms with E-state index in [1.807, 2.05) is 42.5 Å². The Balaban J connectivity index is 1.55. The molecule has 0 amide bonds. The summed E-state index contributed by atoms with van der Waals surface area (Å²) >= 11 is 0. The number of unbranched alkanes of at least 4 members (excludes halogenated alkanes) is 5. The molecule has 0 bridgehead atoms. The van der Waals surface area contributed by atoms with E-state index < -0.39 is 0 Å². The van der Waals surface area contributed by atoms with E-state index in [-0.39, 0.29) is 0 Å². The van der Waals surface area contributed by atoms with Crippen molar-refractivity contribution in [3.63, 3.8) is 0 Å². The molecule has 0 aromatic heterocycles. The molecule has 1 N–H and O–H groups in total. The van der Waals surface area contributed by atoms with Gasteiger partial charge in [-0.15, -0.1) is 0 Å². The van der Waals surface area contributed by atoms with Crippen molar-refractivity contribution in [1.29, 1.82) is 0 Å². The van der Waals surface area contributed by atoms with Gasteiger partial charge in [0.25, 0.3) is 0 Å². The van der Waals surface area contributed by atoms with Crippen LogP contribution in [-0.4, -0.2) is 19.8 Å². The van der Waals surface area contributed by atoms with Gasteiger partial charge in [0.2, 0.25) is 0 Å². The average Bonchev–Trinajstić information content (AvgIpc) is 2.66. The monoisotopic (exact) mass is 341 g/mol. The summed E-state index contributed by atoms with van der Waals surface area (Å²) in [5.74, 6) is 1.75. The van der Waals surface area contributed by atoms with Gasteiger partial charge < -0.3 is 14.8 Å². The van der Waals surface area contributed by atoms with Crippen LogP contribution in [-0.2, 0) is 0 Å². The minimum atomic E-state index is 0.541. The highest BCUT2D eigenvalue weighted by atomic mass is 16.5. The van der Waals surface area contributed by atoms with Crippen LogP contribution in [0.5, 0.6) is 11.5 Å². The summed E-state index contributed by atoms with van der Waals surface area (Å²) in [7, 11) is 0. The lowest BCUT2D eigenvalue weighted by Crippen LogP contribution is -2.09. The molecule has 0 saturated carbocycles. The number of hydrogen-bond donors (Lipinski definition) is 1. The zero-order valence-electron chi connectivity index (χ0n) is 15.4. The van der Waals surface area contributed by atoms with E-state index in [2.05, 4.69) is 24.4 Å². The highest BCUT2D eigenvalue weighted by molar-refractivity contribution is 5.46. The van der Waals surface area contributed by atoms with Crippen molar-refractivity contribution < 1.29 is 9.47 Å². The summed E-state index contributed by atoms with van der Waals surface area (Å²) in [5.41, 5.74) is 1.15. The molecule has 0 aliphatic carbocycles. The summed E-state index contributed by atoms with van der Waals surface area (Å²) in [6, 6.07) is 18.0. The largest absolute Gasteiger partial charge is 0.490 e. The zero-order chi connectivity index (χ0) is 17.6. The van der Waals surface area contributed by atoms with E-state index in [1.54, 1.807) is 0 Å². The van der Waals surface area contributed by atoms with E-state index in [4.69, 9.17) is 9.47 Å². The van der Waals surface area contributed by atoms with E-state index in [1.165, 1.54) is 38.5 Å². The summed E-state index contributed by atoms with van der Waals surface area (Å²) in [5, 5.41) is 3.47. The van der Waals surface area contributed by atoms with Gasteiger partial charge in [-0.25, -0.2) is 0 Å². The van der Waals surface area contributed by atoms with Crippen molar-refractivity contribution in [3.05, 3.63) is 54.6 Å². The SMILES string of the molecule is CCCCCCCCNc1ccc(OCCOc2ccccc2)cc1. The quantitative estimate of drug-likeness (QED) is 0.459. The van der Waals surface area contributed by atoms with Crippen molar-refractivity contribution in [3.8, 4) is 11.5 Å². The Kier molecular flexibility index (Phi) is 9.38. The molecule has 2 aromatic carbocycles. The second kappa shape index (κ2) is 12.2. The third kappa shape index (κ3) is 8.48. The predicted molar refractivity (Wildman–Crippen MR) is 106 cm³/mol. The van der Waals surface area contributed by atoms with Crippen LogP contribution >= 0.6 is 0 Å². The number of nitrogens with one attached hydrogen (secondary N) is 1. The second-order valence-electron chi connectivity index (χ2n) is 6.23. The Morgan fingerprint density at radius 3 is 1.96 bits per heavy atom. The van der Waals surface area contributed by atoms with Gasteiger partial charge in [-0.1, -0.05) is 57.2 Å². The third-order valence-corrected chi connectivity index (χ3v) is 4.08. The first kappa shape index (κ1) is 19.2. The predicted octanol–water partition coefficient (Wildman–Crippen LogP) is 5.92. The molecule has 0 atom stereocenters. The lowest BCUT2D eigenvalue weighted by atomic mass is 10.1. The number of benzene rings is 2. The smallest absolute Gasteiger partial charge is 0.122 e. The van der Waals surface area contributed by atoms with Crippen molar-refractivity contribution in [2.75, 3.05) is 25.1 Å². The van der Waals surface area contributed by atoms with Crippen LogP contribution in [0.1, 0.15) is 45.4 Å². The second-order valence-corrected chi connectivity index (χ2v) is 6.23. The Morgan fingerprint density at radius 1 is 0.680 bits per heavy atom. The zero-order valence-corrected chi connectivity index (χ0v) is 15.4. The minimum absolute atomic E-state index is 0.541. The number of hydrogen-bond acceptors (Lipinski definition) is 3. The summed E-state index contributed by atoms with van der Waals surface area (Å²) in [6.45, 7) is 4.38. The summed E-state index contributed by atoms with van der Waals surface area (Å²) in [4.78, 5) is 0. The minimum Gasteiger partial charge on any atom is -0.490 e. The van der Waals surface area contributed by atoms with Gasteiger partial charge in [0.05, 0.1) is 0 Å². The highest BCUT2D eigenvalue weighted by Gasteiger charge is 1.97. The molecule has 0 radical (unpaired) electrons. The first-order valence-corrected chi connectivity index (χ1v) is 9.53. The molecule has 2 aromatic rings. The molecule has 0 heterocycles. The van der Waals surface area contributed by atoms with E-state index >= 15 is 0 Å². The number of rotatable bonds is 13. The van der Waals surface area contributed by atoms with Gasteiger partial charge >= 0.3 is 0 Å². The van der Waals surface area contributed by atoms with E-state index in [0.29, 0.717) is 13.2 Å². The molecule has 0 aliphatic heterocycles. The fourth-order valence-electron chi connectivity index (χ4n) is 2.64. The molecule has 0 aliphatic rings. The molecule has 0 saturated heterocycles. The standard InChI is InChI=1S/C22H31NO2/c1-2-3-4-5-6-10-17-23-20-13-15-22(16-14-20)25-19-18-24-21-11-8-7-9-12-21/h7-9,11-16,23H,2-6,10,17-19H2,1H3. The average molecular weight is 341 g/mol. The summed E-state index contributed by atoms with van der Waals surface area (Å²) < 4.78 is 11.3.